The predicted octanol–water partition coefficient (Wildman–Crippen LogP) is 2.65. The first-order valence-corrected chi connectivity index (χ1v) is 4.78. The highest BCUT2D eigenvalue weighted by Gasteiger charge is 1.95. The summed E-state index contributed by atoms with van der Waals surface area (Å²) in [4.78, 5) is 0. The van der Waals surface area contributed by atoms with Crippen molar-refractivity contribution in [3.05, 3.63) is 0 Å². The molecule has 50 valence electrons. The first kappa shape index (κ1) is 8.70. The fourth-order valence-electron chi connectivity index (χ4n) is 0.372. The molecule has 0 rings (SSSR count). The van der Waals surface area contributed by atoms with Crippen LogP contribution >= 0.6 is 24.4 Å². The van der Waals surface area contributed by atoms with Gasteiger partial charge in [0.15, 0.2) is 0 Å². The second kappa shape index (κ2) is 5.83. The molecule has 8 heavy (non-hydrogen) atoms. The average Bonchev–Trinajstić information content (AvgIpc) is 1.83. The number of rotatable bonds is 4. The molecule has 0 radical (unpaired) electrons. The lowest BCUT2D eigenvalue weighted by Gasteiger charge is -2.04. The van der Waals surface area contributed by atoms with Gasteiger partial charge in [-0.25, -0.2) is 0 Å². The summed E-state index contributed by atoms with van der Waals surface area (Å²) in [5.41, 5.74) is 0. The Kier molecular flexibility index (Phi) is 6.34. The van der Waals surface area contributed by atoms with E-state index in [9.17, 15) is 0 Å². The van der Waals surface area contributed by atoms with Gasteiger partial charge in [0.1, 0.15) is 0 Å². The van der Waals surface area contributed by atoms with Crippen LogP contribution in [0.4, 0.5) is 0 Å². The van der Waals surface area contributed by atoms with Crippen molar-refractivity contribution < 1.29 is 0 Å². The highest BCUT2D eigenvalue weighted by molar-refractivity contribution is 8.09. The van der Waals surface area contributed by atoms with Crippen molar-refractivity contribution in [1.82, 2.24) is 0 Å². The molecule has 0 fully saturated rings. The molecule has 0 aliphatic carbocycles. The monoisotopic (exact) mass is 150 g/mol. The van der Waals surface area contributed by atoms with E-state index >= 15 is 0 Å². The Morgan fingerprint density at radius 1 is 1.62 bits per heavy atom. The van der Waals surface area contributed by atoms with Crippen molar-refractivity contribution in [3.8, 4) is 0 Å². The summed E-state index contributed by atoms with van der Waals surface area (Å²) in [7, 11) is 0. The summed E-state index contributed by atoms with van der Waals surface area (Å²) in [6.45, 7) is 4.50. The Labute approximate surface area is 61.8 Å². The zero-order chi connectivity index (χ0) is 6.41. The highest BCUT2D eigenvalue weighted by Crippen LogP contribution is 2.11. The van der Waals surface area contributed by atoms with Crippen LogP contribution in [0.3, 0.4) is 0 Å². The molecule has 0 nitrogen and oxygen atoms in total. The molecule has 2 heteroatoms. The molecule has 0 aliphatic heterocycles. The van der Waals surface area contributed by atoms with Gasteiger partial charge in [0.25, 0.3) is 0 Å². The Morgan fingerprint density at radius 3 is 2.62 bits per heavy atom. The van der Waals surface area contributed by atoms with Crippen LogP contribution in [0.5, 0.6) is 0 Å². The third kappa shape index (κ3) is 4.85. The molecule has 0 N–H and O–H groups in total. The molecule has 0 amide bonds. The van der Waals surface area contributed by atoms with Crippen LogP contribution in [0.1, 0.15) is 20.3 Å². The zero-order valence-corrected chi connectivity index (χ0v) is 7.27. The van der Waals surface area contributed by atoms with Crippen LogP contribution in [0, 0.1) is 5.92 Å². The lowest BCUT2D eigenvalue weighted by Crippen LogP contribution is -1.94. The Morgan fingerprint density at radius 2 is 2.25 bits per heavy atom. The molecular formula is C6H14S2. The summed E-state index contributed by atoms with van der Waals surface area (Å²) in [6, 6.07) is 0. The van der Waals surface area contributed by atoms with Gasteiger partial charge in [-0.3, -0.25) is 0 Å². The lowest BCUT2D eigenvalue weighted by atomic mass is 10.2. The maximum absolute atomic E-state index is 4.10. The van der Waals surface area contributed by atoms with Gasteiger partial charge in [0, 0.05) is 5.08 Å². The molecule has 0 aromatic rings. The van der Waals surface area contributed by atoms with E-state index in [1.54, 1.807) is 0 Å². The maximum Gasteiger partial charge on any atom is 0.0361 e. The number of hydrogen-bond acceptors (Lipinski definition) is 2. The van der Waals surface area contributed by atoms with Gasteiger partial charge in [-0.05, 0) is 11.7 Å². The minimum atomic E-state index is 0.868. The van der Waals surface area contributed by atoms with Crippen molar-refractivity contribution in [2.75, 3.05) is 10.8 Å². The molecule has 0 aromatic heterocycles. The van der Waals surface area contributed by atoms with Crippen LogP contribution in [0.25, 0.3) is 0 Å². The molecule has 1 unspecified atom stereocenters. The van der Waals surface area contributed by atoms with E-state index in [0.717, 1.165) is 11.0 Å². The van der Waals surface area contributed by atoms with Crippen molar-refractivity contribution in [2.45, 2.75) is 20.3 Å². The topological polar surface area (TPSA) is 0 Å². The van der Waals surface area contributed by atoms with Crippen LogP contribution < -0.4 is 0 Å². The SMILES string of the molecule is CCC(C)CSCS. The summed E-state index contributed by atoms with van der Waals surface area (Å²) in [6.07, 6.45) is 1.29. The van der Waals surface area contributed by atoms with Gasteiger partial charge < -0.3 is 0 Å². The quantitative estimate of drug-likeness (QED) is 0.475. The zero-order valence-electron chi connectivity index (χ0n) is 5.55. The summed E-state index contributed by atoms with van der Waals surface area (Å²) in [5.74, 6) is 2.13. The van der Waals surface area contributed by atoms with Gasteiger partial charge in [-0.15, -0.1) is 0 Å². The van der Waals surface area contributed by atoms with E-state index in [0.29, 0.717) is 0 Å². The molecule has 0 spiro atoms. The van der Waals surface area contributed by atoms with Gasteiger partial charge >= 0.3 is 0 Å². The Bertz CT molecular complexity index is 45.8. The summed E-state index contributed by atoms with van der Waals surface area (Å²) in [5, 5.41) is 0.963. The second-order valence-corrected chi connectivity index (χ2v) is 3.79. The van der Waals surface area contributed by atoms with Crippen LogP contribution in [0.2, 0.25) is 0 Å². The summed E-state index contributed by atoms with van der Waals surface area (Å²) < 4.78 is 0. The minimum absolute atomic E-state index is 0.868. The molecule has 0 bridgehead atoms. The largest absolute Gasteiger partial charge is 0.168 e. The van der Waals surface area contributed by atoms with Crippen molar-refractivity contribution >= 4 is 24.4 Å². The number of thioether (sulfide) groups is 1. The highest BCUT2D eigenvalue weighted by atomic mass is 32.2. The van der Waals surface area contributed by atoms with Crippen molar-refractivity contribution in [2.24, 2.45) is 5.92 Å². The molecule has 0 saturated carbocycles. The van der Waals surface area contributed by atoms with Crippen LogP contribution in [0.15, 0.2) is 0 Å². The maximum atomic E-state index is 4.10. The average molecular weight is 150 g/mol. The normalized spacial score (nSPS) is 13.9. The van der Waals surface area contributed by atoms with E-state index in [1.165, 1.54) is 12.2 Å². The van der Waals surface area contributed by atoms with E-state index in [1.807, 2.05) is 11.8 Å². The Balaban J connectivity index is 2.86. The lowest BCUT2D eigenvalue weighted by molar-refractivity contribution is 0.637. The van der Waals surface area contributed by atoms with Crippen molar-refractivity contribution in [1.29, 1.82) is 0 Å². The van der Waals surface area contributed by atoms with E-state index in [-0.39, 0.29) is 0 Å². The first-order chi connectivity index (χ1) is 3.81. The first-order valence-electron chi connectivity index (χ1n) is 2.99. The van der Waals surface area contributed by atoms with Gasteiger partial charge in [0.05, 0.1) is 0 Å². The van der Waals surface area contributed by atoms with E-state index < -0.39 is 0 Å². The molecular weight excluding hydrogens is 136 g/mol. The standard InChI is InChI=1S/C6H14S2/c1-3-6(2)4-8-5-7/h6-7H,3-5H2,1-2H3. The second-order valence-electron chi connectivity index (χ2n) is 2.01. The fourth-order valence-corrected chi connectivity index (χ4v) is 1.43. The molecule has 0 aromatic carbocycles. The fraction of sp³-hybridized carbons (Fsp3) is 1.00. The minimum Gasteiger partial charge on any atom is -0.168 e. The molecule has 0 aliphatic rings. The smallest absolute Gasteiger partial charge is 0.0361 e. The number of thiol groups is 1. The summed E-state index contributed by atoms with van der Waals surface area (Å²) >= 11 is 6.00. The van der Waals surface area contributed by atoms with E-state index in [2.05, 4.69) is 26.5 Å². The van der Waals surface area contributed by atoms with Crippen LogP contribution in [-0.2, 0) is 0 Å². The molecule has 1 atom stereocenters. The van der Waals surface area contributed by atoms with Gasteiger partial charge in [-0.2, -0.15) is 24.4 Å². The van der Waals surface area contributed by atoms with Gasteiger partial charge in [-0.1, -0.05) is 20.3 Å². The Hall–Kier alpha value is 0.700. The van der Waals surface area contributed by atoms with Gasteiger partial charge in [0.2, 0.25) is 0 Å². The third-order valence-electron chi connectivity index (χ3n) is 1.19. The van der Waals surface area contributed by atoms with E-state index in [4.69, 9.17) is 0 Å². The predicted molar refractivity (Wildman–Crippen MR) is 45.8 cm³/mol. The van der Waals surface area contributed by atoms with Crippen LogP contribution in [-0.4, -0.2) is 10.8 Å². The molecule has 0 saturated heterocycles. The number of hydrogen-bond donors (Lipinski definition) is 1. The third-order valence-corrected chi connectivity index (χ3v) is 2.73. The van der Waals surface area contributed by atoms with Crippen molar-refractivity contribution in [3.63, 3.8) is 0 Å². The molecule has 0 heterocycles.